The standard InChI is InChI=1S/C16H22F2N2OS/c1-11(2)15(21)6-4-3-5-9-19-16(22)20-14-8-7-12(17)10-13(14)18/h7-8,10-11H,3-6,9H2,1-2H3,(H2,19,20,22). The molecule has 122 valence electrons. The van der Waals surface area contributed by atoms with Crippen molar-refractivity contribution in [3.8, 4) is 0 Å². The highest BCUT2D eigenvalue weighted by molar-refractivity contribution is 7.80. The molecule has 0 spiro atoms. The van der Waals surface area contributed by atoms with E-state index in [1.807, 2.05) is 13.8 Å². The fourth-order valence-corrected chi connectivity index (χ4v) is 2.06. The molecule has 0 bridgehead atoms. The Morgan fingerprint density at radius 3 is 2.59 bits per heavy atom. The number of thiocarbonyl (C=S) groups is 1. The van der Waals surface area contributed by atoms with Crippen LogP contribution in [0, 0.1) is 17.6 Å². The van der Waals surface area contributed by atoms with E-state index < -0.39 is 11.6 Å². The van der Waals surface area contributed by atoms with Gasteiger partial charge in [-0.15, -0.1) is 0 Å². The molecule has 0 aliphatic carbocycles. The van der Waals surface area contributed by atoms with Crippen LogP contribution >= 0.6 is 12.2 Å². The number of nitrogens with one attached hydrogen (secondary N) is 2. The fraction of sp³-hybridized carbons (Fsp3) is 0.500. The minimum absolute atomic E-state index is 0.0977. The Hall–Kier alpha value is -1.56. The van der Waals surface area contributed by atoms with Crippen molar-refractivity contribution in [2.75, 3.05) is 11.9 Å². The van der Waals surface area contributed by atoms with Crippen LogP contribution in [0.5, 0.6) is 0 Å². The number of anilines is 1. The summed E-state index contributed by atoms with van der Waals surface area (Å²) < 4.78 is 26.2. The summed E-state index contributed by atoms with van der Waals surface area (Å²) in [7, 11) is 0. The van der Waals surface area contributed by atoms with Gasteiger partial charge in [-0.3, -0.25) is 4.79 Å². The molecular formula is C16H22F2N2OS. The van der Waals surface area contributed by atoms with Crippen LogP contribution in [0.25, 0.3) is 0 Å². The van der Waals surface area contributed by atoms with Gasteiger partial charge in [0.25, 0.3) is 0 Å². The molecule has 0 radical (unpaired) electrons. The molecule has 3 nitrogen and oxygen atoms in total. The van der Waals surface area contributed by atoms with E-state index in [2.05, 4.69) is 10.6 Å². The van der Waals surface area contributed by atoms with Crippen molar-refractivity contribution in [3.05, 3.63) is 29.8 Å². The lowest BCUT2D eigenvalue weighted by molar-refractivity contribution is -0.122. The van der Waals surface area contributed by atoms with Crippen molar-refractivity contribution in [1.82, 2.24) is 5.32 Å². The molecule has 1 aromatic carbocycles. The van der Waals surface area contributed by atoms with Crippen molar-refractivity contribution in [1.29, 1.82) is 0 Å². The van der Waals surface area contributed by atoms with E-state index in [1.54, 1.807) is 0 Å². The summed E-state index contributed by atoms with van der Waals surface area (Å²) in [5.41, 5.74) is 0.140. The second-order valence-electron chi connectivity index (χ2n) is 5.44. The van der Waals surface area contributed by atoms with Gasteiger partial charge in [-0.25, -0.2) is 8.78 Å². The average Bonchev–Trinajstić information content (AvgIpc) is 2.45. The molecule has 2 N–H and O–H groups in total. The lowest BCUT2D eigenvalue weighted by Gasteiger charge is -2.11. The zero-order chi connectivity index (χ0) is 16.5. The third-order valence-corrected chi connectivity index (χ3v) is 3.46. The first-order valence-corrected chi connectivity index (χ1v) is 7.83. The second-order valence-corrected chi connectivity index (χ2v) is 5.84. The molecule has 1 aromatic rings. The molecule has 0 heterocycles. The minimum atomic E-state index is -0.684. The van der Waals surface area contributed by atoms with Crippen LogP contribution in [0.2, 0.25) is 0 Å². The molecule has 0 fully saturated rings. The third kappa shape index (κ3) is 6.93. The Bertz CT molecular complexity index is 521. The summed E-state index contributed by atoms with van der Waals surface area (Å²) in [5.74, 6) is -0.924. The number of rotatable bonds is 8. The highest BCUT2D eigenvalue weighted by Crippen LogP contribution is 2.14. The number of carbonyl (C=O) groups excluding carboxylic acids is 1. The maximum Gasteiger partial charge on any atom is 0.170 e. The highest BCUT2D eigenvalue weighted by Gasteiger charge is 2.07. The van der Waals surface area contributed by atoms with E-state index in [4.69, 9.17) is 12.2 Å². The summed E-state index contributed by atoms with van der Waals surface area (Å²) in [6, 6.07) is 3.27. The van der Waals surface area contributed by atoms with E-state index in [0.29, 0.717) is 18.1 Å². The van der Waals surface area contributed by atoms with Gasteiger partial charge in [0.05, 0.1) is 5.69 Å². The molecule has 0 saturated heterocycles. The first-order valence-electron chi connectivity index (χ1n) is 7.42. The number of unbranched alkanes of at least 4 members (excludes halogenated alkanes) is 2. The Labute approximate surface area is 135 Å². The molecule has 0 amide bonds. The molecule has 22 heavy (non-hydrogen) atoms. The number of benzene rings is 1. The van der Waals surface area contributed by atoms with Crippen LogP contribution in [-0.4, -0.2) is 17.4 Å². The first kappa shape index (κ1) is 18.5. The Morgan fingerprint density at radius 2 is 1.95 bits per heavy atom. The summed E-state index contributed by atoms with van der Waals surface area (Å²) in [6.45, 7) is 4.45. The maximum absolute atomic E-state index is 13.4. The summed E-state index contributed by atoms with van der Waals surface area (Å²) in [4.78, 5) is 11.4. The SMILES string of the molecule is CC(C)C(=O)CCCCCNC(=S)Nc1ccc(F)cc1F. The van der Waals surface area contributed by atoms with Gasteiger partial charge in [0.1, 0.15) is 17.4 Å². The van der Waals surface area contributed by atoms with Gasteiger partial charge in [-0.2, -0.15) is 0 Å². The summed E-state index contributed by atoms with van der Waals surface area (Å²) in [6.07, 6.45) is 3.28. The smallest absolute Gasteiger partial charge is 0.170 e. The fourth-order valence-electron chi connectivity index (χ4n) is 1.85. The molecule has 0 unspecified atom stereocenters. The highest BCUT2D eigenvalue weighted by atomic mass is 32.1. The van der Waals surface area contributed by atoms with E-state index in [-0.39, 0.29) is 17.4 Å². The predicted octanol–water partition coefficient (Wildman–Crippen LogP) is 4.04. The minimum Gasteiger partial charge on any atom is -0.362 e. The van der Waals surface area contributed by atoms with Crippen molar-refractivity contribution < 1.29 is 13.6 Å². The average molecular weight is 328 g/mol. The van der Waals surface area contributed by atoms with Gasteiger partial charge < -0.3 is 10.6 Å². The van der Waals surface area contributed by atoms with Crippen molar-refractivity contribution in [2.45, 2.75) is 39.5 Å². The van der Waals surface area contributed by atoms with E-state index in [0.717, 1.165) is 25.3 Å². The Balaban J connectivity index is 2.17. The van der Waals surface area contributed by atoms with E-state index in [9.17, 15) is 13.6 Å². The normalized spacial score (nSPS) is 10.6. The monoisotopic (exact) mass is 328 g/mol. The lowest BCUT2D eigenvalue weighted by Crippen LogP contribution is -2.29. The van der Waals surface area contributed by atoms with Gasteiger partial charge in [0.15, 0.2) is 5.11 Å². The topological polar surface area (TPSA) is 41.1 Å². The molecule has 0 aromatic heterocycles. The Kier molecular flexibility index (Phi) is 7.95. The van der Waals surface area contributed by atoms with Crippen LogP contribution in [-0.2, 0) is 4.79 Å². The Morgan fingerprint density at radius 1 is 1.23 bits per heavy atom. The zero-order valence-corrected chi connectivity index (χ0v) is 13.7. The summed E-state index contributed by atoms with van der Waals surface area (Å²) in [5, 5.41) is 5.94. The zero-order valence-electron chi connectivity index (χ0n) is 12.9. The molecule has 1 rings (SSSR count). The van der Waals surface area contributed by atoms with E-state index >= 15 is 0 Å². The predicted molar refractivity (Wildman–Crippen MR) is 88.9 cm³/mol. The van der Waals surface area contributed by atoms with Crippen LogP contribution in [0.15, 0.2) is 18.2 Å². The second kappa shape index (κ2) is 9.46. The van der Waals surface area contributed by atoms with Crippen molar-refractivity contribution >= 4 is 28.8 Å². The van der Waals surface area contributed by atoms with Crippen LogP contribution < -0.4 is 10.6 Å². The molecule has 0 aliphatic heterocycles. The molecule has 6 heteroatoms. The van der Waals surface area contributed by atoms with Gasteiger partial charge in [-0.05, 0) is 37.2 Å². The molecule has 0 saturated carbocycles. The van der Waals surface area contributed by atoms with Crippen molar-refractivity contribution in [2.24, 2.45) is 5.92 Å². The van der Waals surface area contributed by atoms with Crippen LogP contribution in [0.3, 0.4) is 0 Å². The number of halogens is 2. The number of carbonyl (C=O) groups is 1. The lowest BCUT2D eigenvalue weighted by atomic mass is 10.0. The van der Waals surface area contributed by atoms with Gasteiger partial charge in [0.2, 0.25) is 0 Å². The number of ketones is 1. The van der Waals surface area contributed by atoms with Crippen LogP contribution in [0.1, 0.15) is 39.5 Å². The van der Waals surface area contributed by atoms with E-state index in [1.165, 1.54) is 12.1 Å². The van der Waals surface area contributed by atoms with Gasteiger partial charge in [-0.1, -0.05) is 20.3 Å². The largest absolute Gasteiger partial charge is 0.362 e. The molecule has 0 aliphatic rings. The number of Topliss-reactive ketones (excluding diaryl/α,β-unsaturated/α-hetero) is 1. The number of hydrogen-bond donors (Lipinski definition) is 2. The quantitative estimate of drug-likeness (QED) is 0.558. The first-order chi connectivity index (χ1) is 10.4. The maximum atomic E-state index is 13.4. The third-order valence-electron chi connectivity index (χ3n) is 3.21. The van der Waals surface area contributed by atoms with Gasteiger partial charge >= 0.3 is 0 Å². The van der Waals surface area contributed by atoms with Crippen molar-refractivity contribution in [3.63, 3.8) is 0 Å². The molecular weight excluding hydrogens is 306 g/mol. The van der Waals surface area contributed by atoms with Gasteiger partial charge in [0, 0.05) is 24.9 Å². The number of hydrogen-bond acceptors (Lipinski definition) is 2. The summed E-state index contributed by atoms with van der Waals surface area (Å²) >= 11 is 5.05. The molecule has 0 atom stereocenters. The van der Waals surface area contributed by atoms with Crippen LogP contribution in [0.4, 0.5) is 14.5 Å².